The van der Waals surface area contributed by atoms with Crippen LogP contribution < -0.4 is 9.47 Å². The summed E-state index contributed by atoms with van der Waals surface area (Å²) in [6.45, 7) is 0.428. The van der Waals surface area contributed by atoms with Crippen LogP contribution in [-0.2, 0) is 0 Å². The highest BCUT2D eigenvalue weighted by Gasteiger charge is 2.03. The molecule has 0 radical (unpaired) electrons. The summed E-state index contributed by atoms with van der Waals surface area (Å²) < 4.78 is 10.6. The summed E-state index contributed by atoms with van der Waals surface area (Å²) in [6.07, 6.45) is 0. The summed E-state index contributed by atoms with van der Waals surface area (Å²) in [4.78, 5) is 0. The van der Waals surface area contributed by atoms with Crippen LogP contribution in [0, 0.1) is 0 Å². The molecule has 106 valence electrons. The van der Waals surface area contributed by atoms with Gasteiger partial charge >= 0.3 is 0 Å². The summed E-state index contributed by atoms with van der Waals surface area (Å²) in [5, 5.41) is 36.8. The van der Waals surface area contributed by atoms with Crippen molar-refractivity contribution in [3.05, 3.63) is 36.4 Å². The van der Waals surface area contributed by atoms with Crippen molar-refractivity contribution < 1.29 is 29.9 Å². The molecule has 6 nitrogen and oxygen atoms in total. The van der Waals surface area contributed by atoms with Gasteiger partial charge in [0.15, 0.2) is 23.0 Å². The highest BCUT2D eigenvalue weighted by atomic mass is 16.5. The molecule has 2 aromatic rings. The number of phenolic OH excluding ortho intramolecular Hbond substituents is 4. The molecule has 2 rings (SSSR count). The van der Waals surface area contributed by atoms with Gasteiger partial charge in [0.1, 0.15) is 24.7 Å². The van der Waals surface area contributed by atoms with Crippen LogP contribution in [0.1, 0.15) is 0 Å². The second kappa shape index (κ2) is 5.92. The van der Waals surface area contributed by atoms with Crippen molar-refractivity contribution >= 4 is 0 Å². The fourth-order valence-electron chi connectivity index (χ4n) is 1.51. The molecule has 0 fully saturated rings. The van der Waals surface area contributed by atoms with Gasteiger partial charge in [0.05, 0.1) is 0 Å². The van der Waals surface area contributed by atoms with Crippen molar-refractivity contribution in [2.24, 2.45) is 0 Å². The van der Waals surface area contributed by atoms with E-state index >= 15 is 0 Å². The fraction of sp³-hybridized carbons (Fsp3) is 0.143. The zero-order chi connectivity index (χ0) is 14.5. The maximum Gasteiger partial charge on any atom is 0.161 e. The van der Waals surface area contributed by atoms with Crippen molar-refractivity contribution in [3.8, 4) is 34.5 Å². The summed E-state index contributed by atoms with van der Waals surface area (Å²) in [5.41, 5.74) is 0. The van der Waals surface area contributed by atoms with Crippen LogP contribution in [0.25, 0.3) is 0 Å². The van der Waals surface area contributed by atoms with E-state index in [0.717, 1.165) is 0 Å². The fourth-order valence-corrected chi connectivity index (χ4v) is 1.51. The van der Waals surface area contributed by atoms with Crippen LogP contribution in [-0.4, -0.2) is 33.6 Å². The zero-order valence-electron chi connectivity index (χ0n) is 10.5. The van der Waals surface area contributed by atoms with Gasteiger partial charge in [-0.25, -0.2) is 0 Å². The largest absolute Gasteiger partial charge is 0.504 e. The second-order valence-electron chi connectivity index (χ2n) is 4.00. The van der Waals surface area contributed by atoms with Gasteiger partial charge in [0.25, 0.3) is 0 Å². The van der Waals surface area contributed by atoms with Crippen LogP contribution in [0.3, 0.4) is 0 Å². The molecule has 0 bridgehead atoms. The van der Waals surface area contributed by atoms with E-state index < -0.39 is 0 Å². The second-order valence-corrected chi connectivity index (χ2v) is 4.00. The van der Waals surface area contributed by atoms with Crippen molar-refractivity contribution in [1.82, 2.24) is 0 Å². The van der Waals surface area contributed by atoms with E-state index in [1.165, 1.54) is 36.4 Å². The molecular formula is C14H14O6. The van der Waals surface area contributed by atoms with E-state index in [2.05, 4.69) is 0 Å². The van der Waals surface area contributed by atoms with E-state index in [9.17, 15) is 10.2 Å². The number of rotatable bonds is 5. The summed E-state index contributed by atoms with van der Waals surface area (Å²) in [6, 6.07) is 8.26. The minimum Gasteiger partial charge on any atom is -0.504 e. The third kappa shape index (κ3) is 3.38. The van der Waals surface area contributed by atoms with Gasteiger partial charge in [-0.1, -0.05) is 0 Å². The molecule has 20 heavy (non-hydrogen) atoms. The summed E-state index contributed by atoms with van der Waals surface area (Å²) >= 11 is 0. The monoisotopic (exact) mass is 278 g/mol. The Morgan fingerprint density at radius 3 is 1.35 bits per heavy atom. The normalized spacial score (nSPS) is 10.2. The van der Waals surface area contributed by atoms with Crippen molar-refractivity contribution in [2.75, 3.05) is 13.2 Å². The predicted octanol–water partition coefficient (Wildman–Crippen LogP) is 1.97. The predicted molar refractivity (Wildman–Crippen MR) is 70.5 cm³/mol. The maximum atomic E-state index is 9.28. The van der Waals surface area contributed by atoms with Gasteiger partial charge in [-0.05, 0) is 24.3 Å². The van der Waals surface area contributed by atoms with E-state index in [1.807, 2.05) is 0 Å². The summed E-state index contributed by atoms with van der Waals surface area (Å²) in [5.74, 6) is -0.144. The highest BCUT2D eigenvalue weighted by molar-refractivity contribution is 5.44. The molecule has 0 amide bonds. The lowest BCUT2D eigenvalue weighted by atomic mass is 10.3. The molecule has 4 N–H and O–H groups in total. The third-order valence-corrected chi connectivity index (χ3v) is 2.51. The van der Waals surface area contributed by atoms with Gasteiger partial charge in [-0.3, -0.25) is 0 Å². The van der Waals surface area contributed by atoms with E-state index in [0.29, 0.717) is 11.5 Å². The number of ether oxygens (including phenoxy) is 2. The first-order chi connectivity index (χ1) is 9.56. The quantitative estimate of drug-likeness (QED) is 0.493. The smallest absolute Gasteiger partial charge is 0.161 e. The standard InChI is InChI=1S/C14H14O6/c15-11-3-1-9(7-13(11)17)19-5-6-20-10-2-4-12(16)14(18)8-10/h1-4,7-8,15-18H,5-6H2. The van der Waals surface area contributed by atoms with E-state index in [-0.39, 0.29) is 36.2 Å². The van der Waals surface area contributed by atoms with Gasteiger partial charge < -0.3 is 29.9 Å². The Hall–Kier alpha value is -2.76. The first-order valence-electron chi connectivity index (χ1n) is 5.86. The lowest BCUT2D eigenvalue weighted by Gasteiger charge is -2.09. The molecular weight excluding hydrogens is 264 g/mol. The molecule has 0 saturated carbocycles. The first-order valence-corrected chi connectivity index (χ1v) is 5.86. The SMILES string of the molecule is Oc1ccc(OCCOc2ccc(O)c(O)c2)cc1O. The van der Waals surface area contributed by atoms with Gasteiger partial charge in [0.2, 0.25) is 0 Å². The number of aromatic hydroxyl groups is 4. The zero-order valence-corrected chi connectivity index (χ0v) is 10.5. The lowest BCUT2D eigenvalue weighted by molar-refractivity contribution is 0.215. The van der Waals surface area contributed by atoms with Crippen LogP contribution in [0.2, 0.25) is 0 Å². The van der Waals surface area contributed by atoms with E-state index in [4.69, 9.17) is 19.7 Å². The summed E-state index contributed by atoms with van der Waals surface area (Å²) in [7, 11) is 0. The molecule has 0 aliphatic heterocycles. The van der Waals surface area contributed by atoms with Crippen molar-refractivity contribution in [2.45, 2.75) is 0 Å². The minimum atomic E-state index is -0.258. The third-order valence-electron chi connectivity index (χ3n) is 2.51. The Morgan fingerprint density at radius 1 is 0.600 bits per heavy atom. The maximum absolute atomic E-state index is 9.28. The average molecular weight is 278 g/mol. The van der Waals surface area contributed by atoms with Gasteiger partial charge in [-0.15, -0.1) is 0 Å². The van der Waals surface area contributed by atoms with Gasteiger partial charge in [-0.2, -0.15) is 0 Å². The Labute approximate surface area is 115 Å². The highest BCUT2D eigenvalue weighted by Crippen LogP contribution is 2.29. The molecule has 0 heterocycles. The molecule has 2 aromatic carbocycles. The Kier molecular flexibility index (Phi) is 4.05. The Morgan fingerprint density at radius 2 is 1.00 bits per heavy atom. The Balaban J connectivity index is 1.81. The minimum absolute atomic E-state index is 0.214. The molecule has 0 aliphatic rings. The van der Waals surface area contributed by atoms with Crippen molar-refractivity contribution in [3.63, 3.8) is 0 Å². The molecule has 0 spiro atoms. The number of hydrogen-bond donors (Lipinski definition) is 4. The Bertz CT molecular complexity index is 543. The molecule has 0 atom stereocenters. The van der Waals surface area contributed by atoms with Crippen LogP contribution >= 0.6 is 0 Å². The number of benzene rings is 2. The van der Waals surface area contributed by atoms with Crippen LogP contribution in [0.15, 0.2) is 36.4 Å². The van der Waals surface area contributed by atoms with Crippen LogP contribution in [0.5, 0.6) is 34.5 Å². The number of hydrogen-bond acceptors (Lipinski definition) is 6. The van der Waals surface area contributed by atoms with Gasteiger partial charge in [0, 0.05) is 12.1 Å². The molecule has 0 saturated heterocycles. The lowest BCUT2D eigenvalue weighted by Crippen LogP contribution is -2.08. The topological polar surface area (TPSA) is 99.4 Å². The number of phenols is 4. The van der Waals surface area contributed by atoms with Crippen LogP contribution in [0.4, 0.5) is 0 Å². The van der Waals surface area contributed by atoms with Crippen molar-refractivity contribution in [1.29, 1.82) is 0 Å². The molecule has 6 heteroatoms. The molecule has 0 aliphatic carbocycles. The molecule has 0 unspecified atom stereocenters. The average Bonchev–Trinajstić information content (AvgIpc) is 2.42. The van der Waals surface area contributed by atoms with E-state index in [1.54, 1.807) is 0 Å². The molecule has 0 aromatic heterocycles. The first kappa shape index (κ1) is 13.7.